The minimum Gasteiger partial charge on any atom is -0.500 e. The minimum absolute atomic E-state index is 0.00518. The van der Waals surface area contributed by atoms with Crippen molar-refractivity contribution in [2.24, 2.45) is 0 Å². The van der Waals surface area contributed by atoms with Crippen LogP contribution in [0.15, 0.2) is 73.0 Å². The highest BCUT2D eigenvalue weighted by Crippen LogP contribution is 2.86. The van der Waals surface area contributed by atoms with Crippen LogP contribution in [0.4, 0.5) is 0 Å². The van der Waals surface area contributed by atoms with Crippen LogP contribution in [0.25, 0.3) is 0 Å². The van der Waals surface area contributed by atoms with Gasteiger partial charge in [-0.1, -0.05) is 67.2 Å². The number of ether oxygens (including phenoxy) is 1. The van der Waals surface area contributed by atoms with Crippen molar-refractivity contribution in [2.75, 3.05) is 20.3 Å². The fraction of sp³-hybridized carbons (Fsp3) is 0.391. The maximum Gasteiger partial charge on any atom is 0.355 e. The van der Waals surface area contributed by atoms with E-state index >= 15 is 0 Å². The molecule has 29 heavy (non-hydrogen) atoms. The molecule has 6 heteroatoms. The molecule has 2 heterocycles. The molecule has 2 aliphatic heterocycles. The van der Waals surface area contributed by atoms with Gasteiger partial charge in [0.1, 0.15) is 11.3 Å². The molecule has 5 nitrogen and oxygen atoms in total. The smallest absolute Gasteiger partial charge is 0.355 e. The van der Waals surface area contributed by atoms with Gasteiger partial charge in [-0.05, 0) is 25.0 Å². The van der Waals surface area contributed by atoms with Gasteiger partial charge in [-0.2, -0.15) is 0 Å². The molecule has 4 unspecified atom stereocenters. The Morgan fingerprint density at radius 3 is 2.14 bits per heavy atom. The van der Waals surface area contributed by atoms with E-state index in [1.807, 2.05) is 62.4 Å². The zero-order chi connectivity index (χ0) is 20.7. The van der Waals surface area contributed by atoms with Crippen LogP contribution < -0.4 is 0 Å². The third-order valence-electron chi connectivity index (χ3n) is 6.12. The number of nitrogens with zero attached hydrogens (tertiary/aromatic N) is 1. The molecule has 4 atom stereocenters. The number of fused-ring (bicyclic) bond motifs is 1. The van der Waals surface area contributed by atoms with Crippen LogP contribution in [0.3, 0.4) is 0 Å². The van der Waals surface area contributed by atoms with Gasteiger partial charge in [0.05, 0.1) is 26.4 Å². The Morgan fingerprint density at radius 2 is 1.62 bits per heavy atom. The van der Waals surface area contributed by atoms with Crippen LogP contribution in [-0.4, -0.2) is 30.8 Å². The van der Waals surface area contributed by atoms with Crippen molar-refractivity contribution in [2.45, 2.75) is 37.1 Å². The lowest BCUT2D eigenvalue weighted by Gasteiger charge is -2.50. The molecule has 0 radical (unpaired) electrons. The second-order valence-corrected chi connectivity index (χ2v) is 9.68. The van der Waals surface area contributed by atoms with Gasteiger partial charge in [-0.25, -0.2) is 0 Å². The van der Waals surface area contributed by atoms with E-state index in [9.17, 15) is 4.57 Å². The molecular formula is C23H28NO4P. The van der Waals surface area contributed by atoms with Gasteiger partial charge in [0.2, 0.25) is 0 Å². The molecule has 2 fully saturated rings. The molecule has 0 aromatic heterocycles. The molecule has 0 bridgehead atoms. The summed E-state index contributed by atoms with van der Waals surface area (Å²) in [4.78, 5) is 2.22. The summed E-state index contributed by atoms with van der Waals surface area (Å²) in [6, 6.07) is 20.1. The number of hydrogen-bond donors (Lipinski definition) is 0. The maximum absolute atomic E-state index is 14.2. The number of rotatable bonds is 9. The van der Waals surface area contributed by atoms with Gasteiger partial charge >= 0.3 is 7.60 Å². The van der Waals surface area contributed by atoms with E-state index in [0.29, 0.717) is 25.4 Å². The van der Waals surface area contributed by atoms with Crippen LogP contribution in [0.5, 0.6) is 0 Å². The first kappa shape index (κ1) is 20.4. The Balaban J connectivity index is 1.88. The fourth-order valence-corrected chi connectivity index (χ4v) is 7.61. The Hall–Kier alpha value is -1.91. The lowest BCUT2D eigenvalue weighted by Crippen LogP contribution is -2.53. The van der Waals surface area contributed by atoms with E-state index in [-0.39, 0.29) is 6.04 Å². The summed E-state index contributed by atoms with van der Waals surface area (Å²) in [5.41, 5.74) is 1.67. The summed E-state index contributed by atoms with van der Waals surface area (Å²) in [5, 5.41) is -0.873. The Morgan fingerprint density at radius 1 is 1.07 bits per heavy atom. The third-order valence-corrected chi connectivity index (χ3v) is 8.85. The third kappa shape index (κ3) is 2.69. The van der Waals surface area contributed by atoms with Crippen molar-refractivity contribution in [3.8, 4) is 0 Å². The average molecular weight is 413 g/mol. The molecule has 2 aliphatic rings. The maximum atomic E-state index is 14.2. The van der Waals surface area contributed by atoms with Gasteiger partial charge in [0.25, 0.3) is 0 Å². The quantitative estimate of drug-likeness (QED) is 0.310. The van der Waals surface area contributed by atoms with Crippen molar-refractivity contribution >= 4 is 7.60 Å². The monoisotopic (exact) mass is 413 g/mol. The second kappa shape index (κ2) is 7.41. The van der Waals surface area contributed by atoms with Gasteiger partial charge in [0, 0.05) is 6.42 Å². The first-order valence-corrected chi connectivity index (χ1v) is 11.6. The molecule has 0 spiro atoms. The van der Waals surface area contributed by atoms with E-state index in [1.165, 1.54) is 0 Å². The zero-order valence-corrected chi connectivity index (χ0v) is 18.1. The largest absolute Gasteiger partial charge is 0.500 e. The predicted molar refractivity (Wildman–Crippen MR) is 113 cm³/mol. The van der Waals surface area contributed by atoms with Crippen LogP contribution >= 0.6 is 7.60 Å². The molecule has 2 saturated heterocycles. The molecule has 0 saturated carbocycles. The van der Waals surface area contributed by atoms with E-state index in [4.69, 9.17) is 13.8 Å². The van der Waals surface area contributed by atoms with Crippen molar-refractivity contribution in [1.29, 1.82) is 0 Å². The lowest BCUT2D eigenvalue weighted by molar-refractivity contribution is 0.0581. The highest BCUT2D eigenvalue weighted by atomic mass is 31.2. The Labute approximate surface area is 172 Å². The van der Waals surface area contributed by atoms with E-state index in [1.54, 1.807) is 7.11 Å². The summed E-state index contributed by atoms with van der Waals surface area (Å²) >= 11 is 0. The SMILES string of the molecule is C=C(OC)C12CC(c3ccccc3)(P(=O)(OCC)OCC)N1C2c1ccccc1. The highest BCUT2D eigenvalue weighted by molar-refractivity contribution is 7.55. The van der Waals surface area contributed by atoms with Gasteiger partial charge in [-0.15, -0.1) is 0 Å². The molecule has 0 aliphatic carbocycles. The van der Waals surface area contributed by atoms with Gasteiger partial charge < -0.3 is 13.8 Å². The van der Waals surface area contributed by atoms with Crippen molar-refractivity contribution < 1.29 is 18.3 Å². The molecular weight excluding hydrogens is 385 g/mol. The molecule has 4 rings (SSSR count). The van der Waals surface area contributed by atoms with E-state index < -0.39 is 18.4 Å². The summed E-state index contributed by atoms with van der Waals surface area (Å²) in [6.45, 7) is 8.51. The first-order chi connectivity index (χ1) is 14.0. The molecule has 0 amide bonds. The summed E-state index contributed by atoms with van der Waals surface area (Å²) in [6.07, 6.45) is 0.563. The number of hydrogen-bond acceptors (Lipinski definition) is 5. The Kier molecular flexibility index (Phi) is 5.20. The average Bonchev–Trinajstić information content (AvgIpc) is 3.30. The number of methoxy groups -OCH3 is 1. The predicted octanol–water partition coefficient (Wildman–Crippen LogP) is 5.47. The Bertz CT molecular complexity index is 924. The second-order valence-electron chi connectivity index (χ2n) is 7.43. The lowest BCUT2D eigenvalue weighted by atomic mass is 9.83. The summed E-state index contributed by atoms with van der Waals surface area (Å²) in [7, 11) is -1.87. The highest BCUT2D eigenvalue weighted by Gasteiger charge is 2.87. The van der Waals surface area contributed by atoms with Crippen LogP contribution in [0.1, 0.15) is 37.4 Å². The fourth-order valence-electron chi connectivity index (χ4n) is 4.97. The summed E-state index contributed by atoms with van der Waals surface area (Å²) in [5.74, 6) is 0.678. The first-order valence-electron chi connectivity index (χ1n) is 10.0. The van der Waals surface area contributed by atoms with Crippen molar-refractivity contribution in [1.82, 2.24) is 4.90 Å². The van der Waals surface area contributed by atoms with Crippen LogP contribution in [-0.2, 0) is 23.6 Å². The zero-order valence-electron chi connectivity index (χ0n) is 17.2. The molecule has 2 aromatic carbocycles. The van der Waals surface area contributed by atoms with E-state index in [0.717, 1.165) is 11.1 Å². The van der Waals surface area contributed by atoms with Crippen LogP contribution in [0.2, 0.25) is 0 Å². The molecule has 154 valence electrons. The standard InChI is InChI=1S/C23H28NO4P/c1-5-27-29(25,28-6-2)23(20-15-11-8-12-16-20)17-22(18(3)26-4)21(24(22)23)19-13-9-7-10-14-19/h7-16,21H,3,5-6,17H2,1-2,4H3. The van der Waals surface area contributed by atoms with Crippen molar-refractivity contribution in [3.05, 3.63) is 84.1 Å². The normalized spacial score (nSPS) is 30.2. The minimum atomic E-state index is -3.51. The molecule has 0 N–H and O–H groups in total. The topological polar surface area (TPSA) is 47.8 Å². The number of benzene rings is 2. The van der Waals surface area contributed by atoms with E-state index in [2.05, 4.69) is 23.6 Å². The van der Waals surface area contributed by atoms with Gasteiger partial charge in [0.15, 0.2) is 5.28 Å². The molecule has 2 aromatic rings. The van der Waals surface area contributed by atoms with Crippen LogP contribution in [0, 0.1) is 0 Å². The summed E-state index contributed by atoms with van der Waals surface area (Å²) < 4.78 is 31.6. The van der Waals surface area contributed by atoms with Gasteiger partial charge in [-0.3, -0.25) is 9.46 Å². The van der Waals surface area contributed by atoms with Crippen molar-refractivity contribution in [3.63, 3.8) is 0 Å².